The lowest BCUT2D eigenvalue weighted by Gasteiger charge is -2.33. The predicted molar refractivity (Wildman–Crippen MR) is 108 cm³/mol. The molecular formula is C22H25ClFNO3. The molecule has 1 aliphatic heterocycles. The summed E-state index contributed by atoms with van der Waals surface area (Å²) in [6.45, 7) is 2.87. The lowest BCUT2D eigenvalue weighted by molar-refractivity contribution is 0.0211. The summed E-state index contributed by atoms with van der Waals surface area (Å²) in [5, 5.41) is 0.675. The highest BCUT2D eigenvalue weighted by Gasteiger charge is 2.27. The molecule has 6 heteroatoms. The fourth-order valence-corrected chi connectivity index (χ4v) is 3.56. The third-order valence-corrected chi connectivity index (χ3v) is 5.38. The van der Waals surface area contributed by atoms with E-state index in [0.717, 1.165) is 38.2 Å². The largest absolute Gasteiger partial charge is 0.491 e. The number of benzene rings is 2. The second-order valence-electron chi connectivity index (χ2n) is 7.07. The minimum Gasteiger partial charge on any atom is -0.491 e. The van der Waals surface area contributed by atoms with Gasteiger partial charge in [0.1, 0.15) is 24.3 Å². The van der Waals surface area contributed by atoms with Crippen molar-refractivity contribution in [2.24, 2.45) is 5.92 Å². The smallest absolute Gasteiger partial charge is 0.166 e. The summed E-state index contributed by atoms with van der Waals surface area (Å²) in [6.07, 6.45) is 1.54. The van der Waals surface area contributed by atoms with Gasteiger partial charge in [-0.2, -0.15) is 0 Å². The van der Waals surface area contributed by atoms with E-state index in [0.29, 0.717) is 17.2 Å². The molecule has 1 aliphatic rings. The molecule has 0 aliphatic carbocycles. The molecule has 1 atom stereocenters. The van der Waals surface area contributed by atoms with E-state index in [-0.39, 0.29) is 23.6 Å². The van der Waals surface area contributed by atoms with Crippen molar-refractivity contribution < 1.29 is 18.7 Å². The molecular weight excluding hydrogens is 381 g/mol. The molecule has 4 nitrogen and oxygen atoms in total. The van der Waals surface area contributed by atoms with Gasteiger partial charge in [0.25, 0.3) is 0 Å². The normalized spacial score (nSPS) is 16.7. The highest BCUT2D eigenvalue weighted by atomic mass is 35.5. The van der Waals surface area contributed by atoms with Gasteiger partial charge in [0.15, 0.2) is 5.78 Å². The van der Waals surface area contributed by atoms with E-state index in [1.165, 1.54) is 12.1 Å². The average Bonchev–Trinajstić information content (AvgIpc) is 2.73. The van der Waals surface area contributed by atoms with Crippen LogP contribution in [0.1, 0.15) is 23.2 Å². The molecule has 1 saturated heterocycles. The Morgan fingerprint density at radius 1 is 1.14 bits per heavy atom. The molecule has 0 radical (unpaired) electrons. The van der Waals surface area contributed by atoms with Crippen LogP contribution in [0.15, 0.2) is 48.5 Å². The number of piperidine rings is 1. The quantitative estimate of drug-likeness (QED) is 0.607. The van der Waals surface area contributed by atoms with Crippen LogP contribution in [-0.4, -0.2) is 50.1 Å². The predicted octanol–water partition coefficient (Wildman–Crippen LogP) is 4.47. The maximum absolute atomic E-state index is 13.0. The van der Waals surface area contributed by atoms with Crippen molar-refractivity contribution in [3.05, 3.63) is 64.9 Å². The highest BCUT2D eigenvalue weighted by Crippen LogP contribution is 2.22. The molecule has 1 fully saturated rings. The second kappa shape index (κ2) is 10.0. The van der Waals surface area contributed by atoms with Crippen molar-refractivity contribution in [2.75, 3.05) is 33.4 Å². The lowest BCUT2D eigenvalue weighted by atomic mass is 9.89. The van der Waals surface area contributed by atoms with E-state index in [2.05, 4.69) is 4.90 Å². The summed E-state index contributed by atoms with van der Waals surface area (Å²) >= 11 is 5.88. The average molecular weight is 406 g/mol. The number of carbonyl (C=O) groups is 1. The van der Waals surface area contributed by atoms with E-state index < -0.39 is 0 Å². The van der Waals surface area contributed by atoms with E-state index >= 15 is 0 Å². The van der Waals surface area contributed by atoms with Crippen LogP contribution in [0.25, 0.3) is 0 Å². The van der Waals surface area contributed by atoms with Crippen LogP contribution in [0.5, 0.6) is 5.75 Å². The number of hydrogen-bond donors (Lipinski definition) is 0. The van der Waals surface area contributed by atoms with Gasteiger partial charge in [0.2, 0.25) is 0 Å². The molecule has 0 aromatic heterocycles. The monoisotopic (exact) mass is 405 g/mol. The number of ether oxygens (including phenoxy) is 2. The number of ketones is 1. The van der Waals surface area contributed by atoms with Gasteiger partial charge in [0, 0.05) is 30.2 Å². The number of halogens is 2. The fourth-order valence-electron chi connectivity index (χ4n) is 3.43. The van der Waals surface area contributed by atoms with Gasteiger partial charge in [0.05, 0.1) is 0 Å². The molecule has 0 N–H and O–H groups in total. The Hall–Kier alpha value is -1.95. The van der Waals surface area contributed by atoms with Gasteiger partial charge in [-0.15, -0.1) is 0 Å². The fraction of sp³-hybridized carbons (Fsp3) is 0.409. The van der Waals surface area contributed by atoms with Crippen molar-refractivity contribution in [3.63, 3.8) is 0 Å². The number of Topliss-reactive ketones (excluding diaryl/α,β-unsaturated/α-hetero) is 1. The minimum atomic E-state index is -0.321. The van der Waals surface area contributed by atoms with Crippen molar-refractivity contribution in [3.8, 4) is 5.75 Å². The van der Waals surface area contributed by atoms with Crippen LogP contribution in [0.4, 0.5) is 4.39 Å². The standard InChI is InChI=1S/C22H25ClFNO3/c1-27-21(15-28-20-8-4-18(23)5-9-20)14-25-12-10-17(11-13-25)22(26)16-2-6-19(24)7-3-16/h2-9,17,21H,10-15H2,1H3. The molecule has 1 heterocycles. The van der Waals surface area contributed by atoms with Gasteiger partial charge >= 0.3 is 0 Å². The van der Waals surface area contributed by atoms with Gasteiger partial charge < -0.3 is 14.4 Å². The van der Waals surface area contributed by atoms with Gasteiger partial charge in [-0.05, 0) is 74.5 Å². The van der Waals surface area contributed by atoms with Gasteiger partial charge in [-0.3, -0.25) is 4.79 Å². The zero-order valence-electron chi connectivity index (χ0n) is 15.9. The van der Waals surface area contributed by atoms with Crippen LogP contribution >= 0.6 is 11.6 Å². The van der Waals surface area contributed by atoms with Gasteiger partial charge in [-0.25, -0.2) is 4.39 Å². The number of likely N-dealkylation sites (tertiary alicyclic amines) is 1. The number of methoxy groups -OCH3 is 1. The third kappa shape index (κ3) is 5.77. The number of hydrogen-bond acceptors (Lipinski definition) is 4. The maximum atomic E-state index is 13.0. The Balaban J connectivity index is 1.45. The second-order valence-corrected chi connectivity index (χ2v) is 7.51. The van der Waals surface area contributed by atoms with E-state index in [9.17, 15) is 9.18 Å². The molecule has 0 saturated carbocycles. The Kier molecular flexibility index (Phi) is 7.43. The van der Waals surface area contributed by atoms with E-state index in [1.807, 2.05) is 12.1 Å². The SMILES string of the molecule is COC(COc1ccc(Cl)cc1)CN1CCC(C(=O)c2ccc(F)cc2)CC1. The first-order valence-electron chi connectivity index (χ1n) is 9.48. The van der Waals surface area contributed by atoms with Crippen LogP contribution in [0.2, 0.25) is 5.02 Å². The number of carbonyl (C=O) groups excluding carboxylic acids is 1. The van der Waals surface area contributed by atoms with Crippen LogP contribution in [-0.2, 0) is 4.74 Å². The summed E-state index contributed by atoms with van der Waals surface area (Å²) in [4.78, 5) is 14.9. The van der Waals surface area contributed by atoms with Crippen molar-refractivity contribution in [2.45, 2.75) is 18.9 Å². The summed E-state index contributed by atoms with van der Waals surface area (Å²) in [5.74, 6) is 0.537. The zero-order valence-corrected chi connectivity index (χ0v) is 16.7. The van der Waals surface area contributed by atoms with E-state index in [1.54, 1.807) is 31.4 Å². The molecule has 0 bridgehead atoms. The molecule has 0 amide bonds. The summed E-state index contributed by atoms with van der Waals surface area (Å²) in [5.41, 5.74) is 0.589. The van der Waals surface area contributed by atoms with Crippen molar-refractivity contribution in [1.29, 1.82) is 0 Å². The third-order valence-electron chi connectivity index (χ3n) is 5.13. The zero-order chi connectivity index (χ0) is 19.9. The summed E-state index contributed by atoms with van der Waals surface area (Å²) in [7, 11) is 1.68. The van der Waals surface area contributed by atoms with Crippen LogP contribution in [0, 0.1) is 11.7 Å². The minimum absolute atomic E-state index is 0.00646. The molecule has 0 spiro atoms. The van der Waals surface area contributed by atoms with E-state index in [4.69, 9.17) is 21.1 Å². The lowest BCUT2D eigenvalue weighted by Crippen LogP contribution is -2.42. The molecule has 3 rings (SSSR count). The first-order chi connectivity index (χ1) is 13.5. The summed E-state index contributed by atoms with van der Waals surface area (Å²) in [6, 6.07) is 13.1. The molecule has 28 heavy (non-hydrogen) atoms. The molecule has 1 unspecified atom stereocenters. The van der Waals surface area contributed by atoms with Crippen molar-refractivity contribution >= 4 is 17.4 Å². The molecule has 150 valence electrons. The first-order valence-corrected chi connectivity index (χ1v) is 9.86. The van der Waals surface area contributed by atoms with Crippen molar-refractivity contribution in [1.82, 2.24) is 4.90 Å². The molecule has 2 aromatic rings. The first kappa shape index (κ1) is 20.8. The summed E-state index contributed by atoms with van der Waals surface area (Å²) < 4.78 is 24.4. The van der Waals surface area contributed by atoms with Crippen LogP contribution in [0.3, 0.4) is 0 Å². The number of rotatable bonds is 8. The Labute approximate surface area is 170 Å². The Morgan fingerprint density at radius 3 is 2.39 bits per heavy atom. The maximum Gasteiger partial charge on any atom is 0.166 e. The van der Waals surface area contributed by atoms with Crippen LogP contribution < -0.4 is 4.74 Å². The number of nitrogens with zero attached hydrogens (tertiary/aromatic N) is 1. The topological polar surface area (TPSA) is 38.8 Å². The highest BCUT2D eigenvalue weighted by molar-refractivity contribution is 6.30. The van der Waals surface area contributed by atoms with Gasteiger partial charge in [-0.1, -0.05) is 11.6 Å². The Morgan fingerprint density at radius 2 is 1.79 bits per heavy atom. The Bertz CT molecular complexity index is 758. The molecule has 2 aromatic carbocycles.